The second-order valence-electron chi connectivity index (χ2n) is 8.73. The van der Waals surface area contributed by atoms with E-state index in [9.17, 15) is 29.4 Å². The van der Waals surface area contributed by atoms with E-state index in [2.05, 4.69) is 20.9 Å². The normalized spacial score (nSPS) is 13.2. The number of guanidine groups is 1. The van der Waals surface area contributed by atoms with Crippen molar-refractivity contribution >= 4 is 29.7 Å². The molecule has 3 atom stereocenters. The summed E-state index contributed by atoms with van der Waals surface area (Å²) in [5, 5.41) is 26.6. The third-order valence-corrected chi connectivity index (χ3v) is 5.11. The molecule has 0 heterocycles. The fraction of sp³-hybridized carbons (Fsp3) is 0.522. The Hall–Kier alpha value is -3.87. The Morgan fingerprint density at radius 2 is 1.53 bits per heavy atom. The van der Waals surface area contributed by atoms with Crippen molar-refractivity contribution in [1.82, 2.24) is 16.0 Å². The Morgan fingerprint density at radius 3 is 2.06 bits per heavy atom. The Morgan fingerprint density at radius 1 is 0.944 bits per heavy atom. The number of nitrogens with one attached hydrogen (secondary N) is 3. The highest BCUT2D eigenvalue weighted by Gasteiger charge is 2.30. The van der Waals surface area contributed by atoms with Crippen LogP contribution in [-0.2, 0) is 25.6 Å². The summed E-state index contributed by atoms with van der Waals surface area (Å²) in [7, 11) is 0. The second kappa shape index (κ2) is 15.2. The van der Waals surface area contributed by atoms with E-state index in [0.717, 1.165) is 0 Å². The molecule has 0 saturated heterocycles. The van der Waals surface area contributed by atoms with Crippen LogP contribution in [0.25, 0.3) is 0 Å². The summed E-state index contributed by atoms with van der Waals surface area (Å²) in [6.45, 7) is 3.56. The fourth-order valence-electron chi connectivity index (χ4n) is 3.34. The summed E-state index contributed by atoms with van der Waals surface area (Å²) in [6, 6.07) is 2.79. The van der Waals surface area contributed by atoms with Crippen molar-refractivity contribution in [2.45, 2.75) is 57.7 Å². The molecule has 0 aliphatic carbocycles. The smallest absolute Gasteiger partial charge is 0.326 e. The molecular weight excluding hydrogens is 470 g/mol. The van der Waals surface area contributed by atoms with E-state index in [1.807, 2.05) is 13.8 Å². The lowest BCUT2D eigenvalue weighted by atomic mass is 10.0. The number of amides is 3. The molecule has 11 N–H and O–H groups in total. The first-order valence-corrected chi connectivity index (χ1v) is 11.6. The number of aliphatic carboxylic acids is 1. The van der Waals surface area contributed by atoms with Gasteiger partial charge in [-0.2, -0.15) is 0 Å². The standard InChI is InChI=1S/C23H37N7O6/c1-13(2)10-17(20(33)29-16(22(35)36)4-3-9-27-23(25)26)30-21(34)18(28-19(32)12-24)11-14-5-7-15(31)8-6-14/h5-8,13,16-18,31H,3-4,9-12,24H2,1-2H3,(H,28,32)(H,29,33)(H,30,34)(H,35,36)(H4,25,26,27). The lowest BCUT2D eigenvalue weighted by molar-refractivity contribution is -0.142. The van der Waals surface area contributed by atoms with Crippen LogP contribution in [0.15, 0.2) is 29.3 Å². The van der Waals surface area contributed by atoms with Crippen molar-refractivity contribution in [2.75, 3.05) is 13.1 Å². The van der Waals surface area contributed by atoms with Crippen molar-refractivity contribution < 1.29 is 29.4 Å². The minimum atomic E-state index is -1.23. The molecule has 0 fully saturated rings. The lowest BCUT2D eigenvalue weighted by Crippen LogP contribution is -2.57. The molecule has 200 valence electrons. The Balaban J connectivity index is 2.98. The number of hydrogen-bond donors (Lipinski definition) is 8. The maximum absolute atomic E-state index is 13.1. The minimum absolute atomic E-state index is 0.0135. The van der Waals surface area contributed by atoms with E-state index in [0.29, 0.717) is 12.0 Å². The molecule has 0 aliphatic heterocycles. The highest BCUT2D eigenvalue weighted by atomic mass is 16.4. The van der Waals surface area contributed by atoms with Crippen LogP contribution in [0.4, 0.5) is 0 Å². The molecule has 13 nitrogen and oxygen atoms in total. The Labute approximate surface area is 209 Å². The lowest BCUT2D eigenvalue weighted by Gasteiger charge is -2.25. The topological polar surface area (TPSA) is 235 Å². The highest BCUT2D eigenvalue weighted by molar-refractivity contribution is 5.93. The van der Waals surface area contributed by atoms with Crippen LogP contribution < -0.4 is 33.2 Å². The number of hydrogen-bond acceptors (Lipinski definition) is 7. The number of carbonyl (C=O) groups is 4. The highest BCUT2D eigenvalue weighted by Crippen LogP contribution is 2.12. The van der Waals surface area contributed by atoms with Gasteiger partial charge in [0.05, 0.1) is 6.54 Å². The number of carbonyl (C=O) groups excluding carboxylic acids is 3. The molecule has 13 heteroatoms. The third kappa shape index (κ3) is 11.5. The van der Waals surface area contributed by atoms with Gasteiger partial charge in [-0.15, -0.1) is 0 Å². The van der Waals surface area contributed by atoms with Crippen LogP contribution in [0.2, 0.25) is 0 Å². The van der Waals surface area contributed by atoms with E-state index >= 15 is 0 Å². The van der Waals surface area contributed by atoms with Crippen molar-refractivity contribution in [1.29, 1.82) is 0 Å². The number of aromatic hydroxyl groups is 1. The first-order valence-electron chi connectivity index (χ1n) is 11.6. The number of aliphatic imine (C=N–C) groups is 1. The first-order chi connectivity index (χ1) is 16.9. The Kier molecular flexibility index (Phi) is 12.7. The van der Waals surface area contributed by atoms with Gasteiger partial charge in [0, 0.05) is 13.0 Å². The van der Waals surface area contributed by atoms with E-state index in [4.69, 9.17) is 17.2 Å². The van der Waals surface area contributed by atoms with Crippen molar-refractivity contribution in [2.24, 2.45) is 28.1 Å². The zero-order valence-corrected chi connectivity index (χ0v) is 20.6. The summed E-state index contributed by atoms with van der Waals surface area (Å²) in [6.07, 6.45) is 0.706. The van der Waals surface area contributed by atoms with Crippen LogP contribution in [-0.4, -0.2) is 71.1 Å². The van der Waals surface area contributed by atoms with Gasteiger partial charge in [0.15, 0.2) is 5.96 Å². The number of carboxylic acid groups (broad SMARTS) is 1. The average Bonchev–Trinajstić information content (AvgIpc) is 2.80. The van der Waals surface area contributed by atoms with Crippen molar-refractivity contribution in [3.05, 3.63) is 29.8 Å². The molecule has 0 spiro atoms. The summed E-state index contributed by atoms with van der Waals surface area (Å²) in [4.78, 5) is 53.5. The molecule has 36 heavy (non-hydrogen) atoms. The zero-order chi connectivity index (χ0) is 27.3. The van der Waals surface area contributed by atoms with Gasteiger partial charge >= 0.3 is 5.97 Å². The molecule has 0 radical (unpaired) electrons. The van der Waals surface area contributed by atoms with Gasteiger partial charge in [0.1, 0.15) is 23.9 Å². The van der Waals surface area contributed by atoms with E-state index in [1.54, 1.807) is 12.1 Å². The molecule has 0 bridgehead atoms. The monoisotopic (exact) mass is 507 g/mol. The SMILES string of the molecule is CC(C)CC(NC(=O)C(Cc1ccc(O)cc1)NC(=O)CN)C(=O)NC(CCCN=C(N)N)C(=O)O. The predicted molar refractivity (Wildman–Crippen MR) is 134 cm³/mol. The van der Waals surface area contributed by atoms with Gasteiger partial charge < -0.3 is 43.4 Å². The molecule has 1 aromatic carbocycles. The summed E-state index contributed by atoms with van der Waals surface area (Å²) in [5.41, 5.74) is 16.6. The third-order valence-electron chi connectivity index (χ3n) is 5.11. The van der Waals surface area contributed by atoms with E-state index in [-0.39, 0.29) is 50.0 Å². The summed E-state index contributed by atoms with van der Waals surface area (Å²) >= 11 is 0. The van der Waals surface area contributed by atoms with Crippen molar-refractivity contribution in [3.8, 4) is 5.75 Å². The number of phenols is 1. The molecule has 0 aromatic heterocycles. The molecule has 3 amide bonds. The number of phenolic OH excluding ortho intramolecular Hbond substituents is 1. The van der Waals surface area contributed by atoms with Crippen LogP contribution >= 0.6 is 0 Å². The minimum Gasteiger partial charge on any atom is -0.508 e. The van der Waals surface area contributed by atoms with Gasteiger partial charge in [-0.3, -0.25) is 19.4 Å². The number of carboxylic acids is 1. The maximum Gasteiger partial charge on any atom is 0.326 e. The number of nitrogens with two attached hydrogens (primary N) is 3. The van der Waals surface area contributed by atoms with Crippen LogP contribution in [0.1, 0.15) is 38.7 Å². The zero-order valence-electron chi connectivity index (χ0n) is 20.6. The van der Waals surface area contributed by atoms with Gasteiger partial charge in [0.25, 0.3) is 0 Å². The molecule has 1 aromatic rings. The predicted octanol–water partition coefficient (Wildman–Crippen LogP) is -1.47. The largest absolute Gasteiger partial charge is 0.508 e. The molecule has 0 saturated carbocycles. The van der Waals surface area contributed by atoms with Gasteiger partial charge in [-0.25, -0.2) is 4.79 Å². The maximum atomic E-state index is 13.1. The van der Waals surface area contributed by atoms with E-state index in [1.165, 1.54) is 12.1 Å². The number of rotatable bonds is 15. The molecule has 0 aliphatic rings. The van der Waals surface area contributed by atoms with E-state index < -0.39 is 41.8 Å². The second-order valence-corrected chi connectivity index (χ2v) is 8.73. The molecular formula is C23H37N7O6. The van der Waals surface area contributed by atoms with Gasteiger partial charge in [0.2, 0.25) is 17.7 Å². The number of nitrogens with zero attached hydrogens (tertiary/aromatic N) is 1. The fourth-order valence-corrected chi connectivity index (χ4v) is 3.34. The van der Waals surface area contributed by atoms with Crippen LogP contribution in [0, 0.1) is 5.92 Å². The van der Waals surface area contributed by atoms with Gasteiger partial charge in [-0.1, -0.05) is 26.0 Å². The first kappa shape index (κ1) is 30.2. The summed E-state index contributed by atoms with van der Waals surface area (Å²) in [5.74, 6) is -3.18. The number of benzene rings is 1. The summed E-state index contributed by atoms with van der Waals surface area (Å²) < 4.78 is 0. The van der Waals surface area contributed by atoms with Crippen molar-refractivity contribution in [3.63, 3.8) is 0 Å². The Bertz CT molecular complexity index is 916. The van der Waals surface area contributed by atoms with Gasteiger partial charge in [-0.05, 0) is 42.9 Å². The van der Waals surface area contributed by atoms with Crippen LogP contribution in [0.3, 0.4) is 0 Å². The average molecular weight is 508 g/mol. The van der Waals surface area contributed by atoms with Crippen LogP contribution in [0.5, 0.6) is 5.75 Å². The molecule has 1 rings (SSSR count). The quantitative estimate of drug-likeness (QED) is 0.0784. The molecule has 3 unspecified atom stereocenters.